The number of hydrogen-bond donors (Lipinski definition) is 1. The molecule has 1 aromatic carbocycles. The van der Waals surface area contributed by atoms with Crippen LogP contribution in [0.3, 0.4) is 0 Å². The van der Waals surface area contributed by atoms with Gasteiger partial charge in [-0.1, -0.05) is 29.5 Å². The van der Waals surface area contributed by atoms with Crippen LogP contribution in [0.15, 0.2) is 58.6 Å². The number of benzene rings is 1. The van der Waals surface area contributed by atoms with Crippen LogP contribution in [0.25, 0.3) is 0 Å². The Morgan fingerprint density at radius 2 is 1.90 bits per heavy atom. The summed E-state index contributed by atoms with van der Waals surface area (Å²) < 4.78 is 27.4. The van der Waals surface area contributed by atoms with Crippen LogP contribution >= 0.6 is 11.8 Å². The van der Waals surface area contributed by atoms with Gasteiger partial charge in [0.15, 0.2) is 6.20 Å². The van der Waals surface area contributed by atoms with Crippen LogP contribution in [0, 0.1) is 12.1 Å². The highest BCUT2D eigenvalue weighted by molar-refractivity contribution is 7.99. The van der Waals surface area contributed by atoms with Gasteiger partial charge in [-0.3, -0.25) is 0 Å². The summed E-state index contributed by atoms with van der Waals surface area (Å²) in [4.78, 5) is 0.247. The summed E-state index contributed by atoms with van der Waals surface area (Å²) in [6.45, 7) is 2.16. The molecule has 1 aromatic heterocycles. The number of thioether (sulfide) groups is 1. The molecule has 112 valence electrons. The maximum Gasteiger partial charge on any atom is 0.251 e. The molecule has 0 aliphatic carbocycles. The number of sulfonamides is 1. The SMILES string of the molecule is Cc1ccc(S(=O)(=O)NCCSc2cccc[n+]2[O-])cc1. The van der Waals surface area contributed by atoms with Crippen molar-refractivity contribution in [1.29, 1.82) is 0 Å². The molecule has 1 N–H and O–H groups in total. The summed E-state index contributed by atoms with van der Waals surface area (Å²) in [6, 6.07) is 11.8. The van der Waals surface area contributed by atoms with E-state index in [-0.39, 0.29) is 11.4 Å². The van der Waals surface area contributed by atoms with Gasteiger partial charge in [-0.25, -0.2) is 13.1 Å². The van der Waals surface area contributed by atoms with Crippen LogP contribution in [0.1, 0.15) is 5.56 Å². The molecule has 0 bridgehead atoms. The van der Waals surface area contributed by atoms with Gasteiger partial charge in [-0.15, -0.1) is 0 Å². The minimum Gasteiger partial charge on any atom is -0.618 e. The van der Waals surface area contributed by atoms with Crippen LogP contribution in [-0.2, 0) is 10.0 Å². The van der Waals surface area contributed by atoms with E-state index in [1.54, 1.807) is 42.5 Å². The highest BCUT2D eigenvalue weighted by Crippen LogP contribution is 2.13. The Morgan fingerprint density at radius 3 is 2.57 bits per heavy atom. The molecular formula is C14H16N2O3S2. The van der Waals surface area contributed by atoms with Gasteiger partial charge in [0.2, 0.25) is 10.0 Å². The lowest BCUT2D eigenvalue weighted by Gasteiger charge is -2.07. The Balaban J connectivity index is 1.88. The lowest BCUT2D eigenvalue weighted by atomic mass is 10.2. The third kappa shape index (κ3) is 4.45. The smallest absolute Gasteiger partial charge is 0.251 e. The van der Waals surface area contributed by atoms with E-state index in [2.05, 4.69) is 4.72 Å². The Kier molecular flexibility index (Phi) is 5.22. The van der Waals surface area contributed by atoms with Crippen LogP contribution in [0.5, 0.6) is 0 Å². The van der Waals surface area contributed by atoms with Crippen molar-refractivity contribution in [3.05, 3.63) is 59.4 Å². The number of hydrogen-bond acceptors (Lipinski definition) is 4. The lowest BCUT2D eigenvalue weighted by molar-refractivity contribution is -0.645. The predicted octanol–water partition coefficient (Wildman–Crippen LogP) is 1.70. The standard InChI is InChI=1S/C14H16N2O3S2/c1-12-5-7-13(8-6-12)21(18,19)15-9-11-20-14-4-2-3-10-16(14)17/h2-8,10,15H,9,11H2,1H3. The molecule has 0 fully saturated rings. The van der Waals surface area contributed by atoms with Gasteiger partial charge in [0.05, 0.1) is 4.90 Å². The number of pyridine rings is 1. The zero-order valence-electron chi connectivity index (χ0n) is 11.5. The Bertz CT molecular complexity index is 700. The van der Waals surface area contributed by atoms with E-state index in [4.69, 9.17) is 0 Å². The van der Waals surface area contributed by atoms with Gasteiger partial charge in [0, 0.05) is 24.4 Å². The maximum atomic E-state index is 12.0. The van der Waals surface area contributed by atoms with Crippen molar-refractivity contribution in [3.63, 3.8) is 0 Å². The van der Waals surface area contributed by atoms with Crippen molar-refractivity contribution in [3.8, 4) is 0 Å². The van der Waals surface area contributed by atoms with E-state index >= 15 is 0 Å². The van der Waals surface area contributed by atoms with Crippen molar-refractivity contribution < 1.29 is 13.1 Å². The molecule has 0 amide bonds. The minimum absolute atomic E-state index is 0.247. The van der Waals surface area contributed by atoms with E-state index in [0.29, 0.717) is 10.8 Å². The molecule has 0 atom stereocenters. The highest BCUT2D eigenvalue weighted by atomic mass is 32.2. The molecule has 0 radical (unpaired) electrons. The average Bonchev–Trinajstić information content (AvgIpc) is 2.46. The number of nitrogens with one attached hydrogen (secondary N) is 1. The minimum atomic E-state index is -3.49. The third-order valence-corrected chi connectivity index (χ3v) is 5.26. The second-order valence-electron chi connectivity index (χ2n) is 4.42. The zero-order valence-corrected chi connectivity index (χ0v) is 13.2. The van der Waals surface area contributed by atoms with E-state index in [0.717, 1.165) is 10.3 Å². The van der Waals surface area contributed by atoms with Gasteiger partial charge in [0.25, 0.3) is 5.03 Å². The molecule has 7 heteroatoms. The molecule has 2 rings (SSSR count). The maximum absolute atomic E-state index is 12.0. The van der Waals surface area contributed by atoms with Crippen LogP contribution in [0.4, 0.5) is 0 Å². The molecule has 0 aliphatic heterocycles. The van der Waals surface area contributed by atoms with Crippen LogP contribution in [-0.4, -0.2) is 20.7 Å². The summed E-state index contributed by atoms with van der Waals surface area (Å²) in [7, 11) is -3.49. The van der Waals surface area contributed by atoms with E-state index in [9.17, 15) is 13.6 Å². The van der Waals surface area contributed by atoms with Gasteiger partial charge in [-0.2, -0.15) is 4.73 Å². The monoisotopic (exact) mass is 324 g/mol. The average molecular weight is 324 g/mol. The van der Waals surface area contributed by atoms with Gasteiger partial charge in [0.1, 0.15) is 0 Å². The van der Waals surface area contributed by atoms with Crippen molar-refractivity contribution >= 4 is 21.8 Å². The topological polar surface area (TPSA) is 73.1 Å². The highest BCUT2D eigenvalue weighted by Gasteiger charge is 2.13. The summed E-state index contributed by atoms with van der Waals surface area (Å²) in [5.74, 6) is 0.483. The lowest BCUT2D eigenvalue weighted by Crippen LogP contribution is -2.29. The van der Waals surface area contributed by atoms with Crippen molar-refractivity contribution in [2.24, 2.45) is 0 Å². The fourth-order valence-corrected chi connectivity index (χ4v) is 3.59. The van der Waals surface area contributed by atoms with E-state index in [1.807, 2.05) is 6.92 Å². The van der Waals surface area contributed by atoms with Crippen molar-refractivity contribution in [2.75, 3.05) is 12.3 Å². The molecule has 1 heterocycles. The van der Waals surface area contributed by atoms with E-state index in [1.165, 1.54) is 18.0 Å². The molecule has 5 nitrogen and oxygen atoms in total. The van der Waals surface area contributed by atoms with Crippen molar-refractivity contribution in [2.45, 2.75) is 16.8 Å². The third-order valence-electron chi connectivity index (χ3n) is 2.76. The fourth-order valence-electron chi connectivity index (χ4n) is 1.66. The largest absolute Gasteiger partial charge is 0.618 e. The molecule has 0 spiro atoms. The number of aromatic nitrogens is 1. The van der Waals surface area contributed by atoms with Crippen LogP contribution < -0.4 is 9.45 Å². The quantitative estimate of drug-likeness (QED) is 0.380. The van der Waals surface area contributed by atoms with Crippen LogP contribution in [0.2, 0.25) is 0 Å². The Labute approximate surface area is 128 Å². The van der Waals surface area contributed by atoms with E-state index < -0.39 is 10.0 Å². The summed E-state index contributed by atoms with van der Waals surface area (Å²) >= 11 is 1.31. The normalized spacial score (nSPS) is 11.5. The predicted molar refractivity (Wildman–Crippen MR) is 82.5 cm³/mol. The molecule has 0 saturated heterocycles. The first-order chi connectivity index (χ1) is 9.99. The first kappa shape index (κ1) is 15.8. The number of rotatable bonds is 6. The van der Waals surface area contributed by atoms with Gasteiger partial charge < -0.3 is 5.21 Å². The van der Waals surface area contributed by atoms with Gasteiger partial charge >= 0.3 is 0 Å². The molecule has 0 saturated carbocycles. The molecule has 2 aromatic rings. The number of nitrogens with zero attached hydrogens (tertiary/aromatic N) is 1. The second kappa shape index (κ2) is 6.93. The van der Waals surface area contributed by atoms with Crippen molar-refractivity contribution in [1.82, 2.24) is 4.72 Å². The Hall–Kier alpha value is -1.57. The number of aryl methyl sites for hydroxylation is 1. The summed E-state index contributed by atoms with van der Waals surface area (Å²) in [5.41, 5.74) is 1.01. The summed E-state index contributed by atoms with van der Waals surface area (Å²) in [5, 5.41) is 12.0. The molecular weight excluding hydrogens is 308 g/mol. The summed E-state index contributed by atoms with van der Waals surface area (Å²) in [6.07, 6.45) is 1.42. The molecule has 0 unspecified atom stereocenters. The molecule has 21 heavy (non-hydrogen) atoms. The second-order valence-corrected chi connectivity index (χ2v) is 7.31. The Morgan fingerprint density at radius 1 is 1.19 bits per heavy atom. The zero-order chi connectivity index (χ0) is 15.3. The first-order valence-corrected chi connectivity index (χ1v) is 8.83. The molecule has 0 aliphatic rings. The fraction of sp³-hybridized carbons (Fsp3) is 0.214. The first-order valence-electron chi connectivity index (χ1n) is 6.36. The van der Waals surface area contributed by atoms with Gasteiger partial charge in [-0.05, 0) is 25.1 Å².